The first-order valence-electron chi connectivity index (χ1n) is 8.09. The van der Waals surface area contributed by atoms with Crippen LogP contribution in [0.15, 0.2) is 60.8 Å². The maximum Gasteiger partial charge on any atom is 0.259 e. The molecule has 6 heteroatoms. The second kappa shape index (κ2) is 6.40. The minimum atomic E-state index is -0.334. The third-order valence-electron chi connectivity index (χ3n) is 4.12. The number of carbonyl (C=O) groups excluding carboxylic acids is 1. The van der Waals surface area contributed by atoms with Crippen molar-refractivity contribution in [3.8, 4) is 11.4 Å². The SMILES string of the molecule is Cc1ccc(F)cc1-c1nc2c(C(=O)Nc3ccccn3)cccc2[nH]1. The number of rotatable bonds is 3. The smallest absolute Gasteiger partial charge is 0.259 e. The average Bonchev–Trinajstić information content (AvgIpc) is 3.08. The van der Waals surface area contributed by atoms with Crippen molar-refractivity contribution >= 4 is 22.8 Å². The van der Waals surface area contributed by atoms with Crippen LogP contribution in [0, 0.1) is 12.7 Å². The van der Waals surface area contributed by atoms with Crippen molar-refractivity contribution in [3.05, 3.63) is 77.7 Å². The maximum atomic E-state index is 13.6. The van der Waals surface area contributed by atoms with Gasteiger partial charge in [-0.2, -0.15) is 0 Å². The summed E-state index contributed by atoms with van der Waals surface area (Å²) in [6, 6.07) is 15.1. The molecule has 0 unspecified atom stereocenters. The molecule has 0 saturated carbocycles. The number of carbonyl (C=O) groups is 1. The number of nitrogens with zero attached hydrogens (tertiary/aromatic N) is 2. The molecule has 2 N–H and O–H groups in total. The lowest BCUT2D eigenvalue weighted by molar-refractivity contribution is 0.102. The van der Waals surface area contributed by atoms with Gasteiger partial charge in [0.2, 0.25) is 0 Å². The molecule has 0 aliphatic carbocycles. The predicted octanol–water partition coefficient (Wildman–Crippen LogP) is 4.32. The van der Waals surface area contributed by atoms with Gasteiger partial charge < -0.3 is 10.3 Å². The van der Waals surface area contributed by atoms with Gasteiger partial charge in [-0.25, -0.2) is 14.4 Å². The minimum absolute atomic E-state index is 0.302. The summed E-state index contributed by atoms with van der Waals surface area (Å²) < 4.78 is 13.6. The highest BCUT2D eigenvalue weighted by molar-refractivity contribution is 6.11. The molecule has 0 fully saturated rings. The summed E-state index contributed by atoms with van der Waals surface area (Å²) in [6.45, 7) is 1.89. The number of amides is 1. The molecule has 2 heterocycles. The molecule has 4 aromatic rings. The highest BCUT2D eigenvalue weighted by Crippen LogP contribution is 2.26. The van der Waals surface area contributed by atoms with Gasteiger partial charge in [-0.1, -0.05) is 18.2 Å². The summed E-state index contributed by atoms with van der Waals surface area (Å²) in [7, 11) is 0. The first-order chi connectivity index (χ1) is 12.6. The van der Waals surface area contributed by atoms with E-state index in [1.54, 1.807) is 42.6 Å². The number of hydrogen-bond donors (Lipinski definition) is 2. The van der Waals surface area contributed by atoms with Gasteiger partial charge in [-0.05, 0) is 48.9 Å². The van der Waals surface area contributed by atoms with Crippen molar-refractivity contribution in [2.45, 2.75) is 6.92 Å². The third-order valence-corrected chi connectivity index (χ3v) is 4.12. The zero-order valence-corrected chi connectivity index (χ0v) is 14.0. The van der Waals surface area contributed by atoms with Crippen molar-refractivity contribution in [1.29, 1.82) is 0 Å². The number of imidazole rings is 1. The minimum Gasteiger partial charge on any atom is -0.338 e. The number of aryl methyl sites for hydroxylation is 1. The number of aromatic amines is 1. The summed E-state index contributed by atoms with van der Waals surface area (Å²) in [4.78, 5) is 24.4. The van der Waals surface area contributed by atoms with Gasteiger partial charge in [-0.15, -0.1) is 0 Å². The quantitative estimate of drug-likeness (QED) is 0.580. The van der Waals surface area contributed by atoms with Gasteiger partial charge in [0, 0.05) is 11.8 Å². The normalized spacial score (nSPS) is 10.8. The molecule has 0 aliphatic rings. The Morgan fingerprint density at radius 2 is 2.00 bits per heavy atom. The zero-order chi connectivity index (χ0) is 18.1. The second-order valence-electron chi connectivity index (χ2n) is 5.92. The number of para-hydroxylation sites is 1. The molecule has 4 rings (SSSR count). The molecule has 1 amide bonds. The Morgan fingerprint density at radius 1 is 1.12 bits per heavy atom. The Hall–Kier alpha value is -3.54. The van der Waals surface area contributed by atoms with Crippen molar-refractivity contribution in [2.24, 2.45) is 0 Å². The second-order valence-corrected chi connectivity index (χ2v) is 5.92. The molecule has 128 valence electrons. The number of pyridine rings is 1. The fourth-order valence-corrected chi connectivity index (χ4v) is 2.81. The zero-order valence-electron chi connectivity index (χ0n) is 14.0. The summed E-state index contributed by atoms with van der Waals surface area (Å²) in [5.41, 5.74) is 3.21. The van der Waals surface area contributed by atoms with Gasteiger partial charge in [0.15, 0.2) is 0 Å². The third kappa shape index (κ3) is 2.93. The van der Waals surface area contributed by atoms with Crippen LogP contribution >= 0.6 is 0 Å². The van der Waals surface area contributed by atoms with E-state index in [-0.39, 0.29) is 11.7 Å². The van der Waals surface area contributed by atoms with E-state index in [2.05, 4.69) is 20.3 Å². The lowest BCUT2D eigenvalue weighted by Gasteiger charge is -2.04. The van der Waals surface area contributed by atoms with E-state index >= 15 is 0 Å². The fraction of sp³-hybridized carbons (Fsp3) is 0.0500. The van der Waals surface area contributed by atoms with E-state index in [0.29, 0.717) is 33.8 Å². The van der Waals surface area contributed by atoms with Crippen LogP contribution in [0.5, 0.6) is 0 Å². The molecule has 0 spiro atoms. The summed E-state index contributed by atoms with van der Waals surface area (Å²) in [6.07, 6.45) is 1.61. The van der Waals surface area contributed by atoms with Gasteiger partial charge >= 0.3 is 0 Å². The largest absolute Gasteiger partial charge is 0.338 e. The number of nitrogens with one attached hydrogen (secondary N) is 2. The Morgan fingerprint density at radius 3 is 2.81 bits per heavy atom. The number of H-pyrrole nitrogens is 1. The molecular weight excluding hydrogens is 331 g/mol. The fourth-order valence-electron chi connectivity index (χ4n) is 2.81. The Bertz CT molecular complexity index is 1110. The number of aromatic nitrogens is 3. The Labute approximate surface area is 148 Å². The van der Waals surface area contributed by atoms with E-state index in [9.17, 15) is 9.18 Å². The molecular formula is C20H15FN4O. The Kier molecular flexibility index (Phi) is 3.93. The molecule has 0 aliphatic heterocycles. The molecule has 26 heavy (non-hydrogen) atoms. The van der Waals surface area contributed by atoms with Crippen molar-refractivity contribution in [1.82, 2.24) is 15.0 Å². The summed E-state index contributed by atoms with van der Waals surface area (Å²) >= 11 is 0. The van der Waals surface area contributed by atoms with Crippen LogP contribution in [0.3, 0.4) is 0 Å². The number of fused-ring (bicyclic) bond motifs is 1. The molecule has 0 radical (unpaired) electrons. The van der Waals surface area contributed by atoms with Gasteiger partial charge in [-0.3, -0.25) is 4.79 Å². The first kappa shape index (κ1) is 16.0. The van der Waals surface area contributed by atoms with Crippen LogP contribution in [-0.2, 0) is 0 Å². The number of halogens is 1. The van der Waals surface area contributed by atoms with Gasteiger partial charge in [0.1, 0.15) is 23.0 Å². The Balaban J connectivity index is 1.76. The van der Waals surface area contributed by atoms with Crippen LogP contribution in [0.2, 0.25) is 0 Å². The van der Waals surface area contributed by atoms with Crippen LogP contribution < -0.4 is 5.32 Å². The van der Waals surface area contributed by atoms with E-state index in [1.807, 2.05) is 13.0 Å². The summed E-state index contributed by atoms with van der Waals surface area (Å²) in [5, 5.41) is 2.76. The molecule has 2 aromatic carbocycles. The number of anilines is 1. The van der Waals surface area contributed by atoms with Crippen molar-refractivity contribution < 1.29 is 9.18 Å². The standard InChI is InChI=1S/C20H15FN4O/c1-12-8-9-13(21)11-15(12)19-23-16-6-4-5-14(18(16)25-19)20(26)24-17-7-2-3-10-22-17/h2-11H,1H3,(H,23,25)(H,22,24,26). The van der Waals surface area contributed by atoms with Gasteiger partial charge in [0.05, 0.1) is 11.1 Å². The first-order valence-corrected chi connectivity index (χ1v) is 8.09. The highest BCUT2D eigenvalue weighted by atomic mass is 19.1. The number of benzene rings is 2. The molecule has 0 bridgehead atoms. The molecule has 0 atom stereocenters. The van der Waals surface area contributed by atoms with Crippen molar-refractivity contribution in [3.63, 3.8) is 0 Å². The van der Waals surface area contributed by atoms with Crippen molar-refractivity contribution in [2.75, 3.05) is 5.32 Å². The maximum absolute atomic E-state index is 13.6. The molecule has 2 aromatic heterocycles. The lowest BCUT2D eigenvalue weighted by atomic mass is 10.1. The average molecular weight is 346 g/mol. The van der Waals surface area contributed by atoms with Crippen LogP contribution in [0.4, 0.5) is 10.2 Å². The lowest BCUT2D eigenvalue weighted by Crippen LogP contribution is -2.13. The summed E-state index contributed by atoms with van der Waals surface area (Å²) in [5.74, 6) is 0.351. The highest BCUT2D eigenvalue weighted by Gasteiger charge is 2.16. The van der Waals surface area contributed by atoms with Gasteiger partial charge in [0.25, 0.3) is 5.91 Å². The monoisotopic (exact) mass is 346 g/mol. The molecule has 5 nitrogen and oxygen atoms in total. The van der Waals surface area contributed by atoms with E-state index in [0.717, 1.165) is 5.56 Å². The van der Waals surface area contributed by atoms with E-state index in [4.69, 9.17) is 0 Å². The topological polar surface area (TPSA) is 70.7 Å². The molecule has 0 saturated heterocycles. The predicted molar refractivity (Wildman–Crippen MR) is 98.4 cm³/mol. The van der Waals surface area contributed by atoms with E-state index in [1.165, 1.54) is 12.1 Å². The van der Waals surface area contributed by atoms with Crippen LogP contribution in [0.1, 0.15) is 15.9 Å². The van der Waals surface area contributed by atoms with Crippen LogP contribution in [0.25, 0.3) is 22.4 Å². The number of hydrogen-bond acceptors (Lipinski definition) is 3. The van der Waals surface area contributed by atoms with Crippen LogP contribution in [-0.4, -0.2) is 20.9 Å². The van der Waals surface area contributed by atoms with E-state index < -0.39 is 0 Å².